The Morgan fingerprint density at radius 2 is 0.930 bits per heavy atom. The Bertz CT molecular complexity index is 2000. The first kappa shape index (κ1) is 28.6. The van der Waals surface area contributed by atoms with E-state index in [-0.39, 0.29) is 21.1 Å². The van der Waals surface area contributed by atoms with Crippen molar-refractivity contribution >= 4 is 43.9 Å². The number of nitrogens with zero attached hydrogens (tertiary/aromatic N) is 4. The standard InChI is InChI=1S/2C19H15N2.Pt/c2*1-2-21-17-9-6-12-20-19(17)16-11-10-15(13-18(16)21)14-7-4-3-5-8-14;/h2*3-10,12-13H,2H2,1H3;/q2*-1;+2. The Morgan fingerprint density at radius 3 is 1.33 bits per heavy atom. The summed E-state index contributed by atoms with van der Waals surface area (Å²) in [6, 6.07) is 44.6. The minimum atomic E-state index is 0. The molecule has 8 rings (SSSR count). The fraction of sp³-hybridized carbons (Fsp3) is 0.105. The zero-order chi connectivity index (χ0) is 28.5. The zero-order valence-electron chi connectivity index (χ0n) is 24.1. The summed E-state index contributed by atoms with van der Waals surface area (Å²) in [6.07, 6.45) is 3.70. The molecule has 4 heterocycles. The molecule has 0 aliphatic heterocycles. The Kier molecular flexibility index (Phi) is 8.22. The number of hydrogen-bond acceptors (Lipinski definition) is 2. The molecule has 0 amide bonds. The van der Waals surface area contributed by atoms with Gasteiger partial charge in [0.15, 0.2) is 0 Å². The van der Waals surface area contributed by atoms with Gasteiger partial charge in [-0.25, -0.2) is 0 Å². The summed E-state index contributed by atoms with van der Waals surface area (Å²) in [4.78, 5) is 9.06. The molecule has 0 unspecified atom stereocenters. The van der Waals surface area contributed by atoms with E-state index in [1.165, 1.54) is 44.3 Å². The number of fused-ring (bicyclic) bond motifs is 6. The van der Waals surface area contributed by atoms with Crippen LogP contribution in [0.4, 0.5) is 0 Å². The van der Waals surface area contributed by atoms with Crippen molar-refractivity contribution in [2.24, 2.45) is 0 Å². The summed E-state index contributed by atoms with van der Waals surface area (Å²) in [6.45, 7) is 6.19. The van der Waals surface area contributed by atoms with Crippen LogP contribution in [-0.2, 0) is 34.2 Å². The summed E-state index contributed by atoms with van der Waals surface area (Å²) in [7, 11) is 0. The number of aryl methyl sites for hydroxylation is 2. The number of benzene rings is 4. The van der Waals surface area contributed by atoms with Crippen LogP contribution in [0, 0.1) is 12.1 Å². The molecule has 0 atom stereocenters. The van der Waals surface area contributed by atoms with Gasteiger partial charge in [0, 0.05) is 47.6 Å². The van der Waals surface area contributed by atoms with Crippen molar-refractivity contribution in [1.29, 1.82) is 0 Å². The van der Waals surface area contributed by atoms with Crippen molar-refractivity contribution in [3.63, 3.8) is 0 Å². The Morgan fingerprint density at radius 1 is 0.512 bits per heavy atom. The van der Waals surface area contributed by atoms with Crippen molar-refractivity contribution < 1.29 is 21.1 Å². The summed E-state index contributed by atoms with van der Waals surface area (Å²) in [5.74, 6) is 0. The second kappa shape index (κ2) is 12.4. The predicted molar refractivity (Wildman–Crippen MR) is 174 cm³/mol. The fourth-order valence-corrected chi connectivity index (χ4v) is 5.93. The van der Waals surface area contributed by atoms with Crippen molar-refractivity contribution in [1.82, 2.24) is 19.1 Å². The molecule has 4 aromatic carbocycles. The maximum atomic E-state index is 4.53. The monoisotopic (exact) mass is 737 g/mol. The fourth-order valence-electron chi connectivity index (χ4n) is 5.93. The minimum absolute atomic E-state index is 0. The van der Waals surface area contributed by atoms with Gasteiger partial charge in [-0.1, -0.05) is 93.7 Å². The molecular formula is C38H30N4Pt. The SMILES string of the molecule is CCn1c2cc(-c3ccccc3)c[c-]c2c2ncccc21.CCn1c2cc(-c3ccccc3)c[c-]c2c2ncccc21.[Pt+2]. The summed E-state index contributed by atoms with van der Waals surface area (Å²) in [5.41, 5.74) is 11.7. The largest absolute Gasteiger partial charge is 2.00 e. The van der Waals surface area contributed by atoms with Gasteiger partial charge in [-0.2, -0.15) is 0 Å². The van der Waals surface area contributed by atoms with Crippen LogP contribution >= 0.6 is 0 Å². The molecule has 0 aliphatic carbocycles. The first-order valence-corrected chi connectivity index (χ1v) is 14.4. The predicted octanol–water partition coefficient (Wildman–Crippen LogP) is 9.35. The molecule has 0 fully saturated rings. The third-order valence-corrected chi connectivity index (χ3v) is 7.90. The van der Waals surface area contributed by atoms with Crippen LogP contribution in [0.1, 0.15) is 13.8 Å². The Hall–Kier alpha value is -4.53. The van der Waals surface area contributed by atoms with Gasteiger partial charge in [-0.15, -0.1) is 36.4 Å². The Balaban J connectivity index is 0.000000150. The van der Waals surface area contributed by atoms with E-state index in [1.807, 2.05) is 36.7 Å². The van der Waals surface area contributed by atoms with E-state index >= 15 is 0 Å². The molecule has 0 saturated heterocycles. The van der Waals surface area contributed by atoms with Crippen LogP contribution in [0.5, 0.6) is 0 Å². The van der Waals surface area contributed by atoms with E-state index < -0.39 is 0 Å². The second-order valence-corrected chi connectivity index (χ2v) is 10.3. The summed E-state index contributed by atoms with van der Waals surface area (Å²) < 4.78 is 4.61. The maximum Gasteiger partial charge on any atom is 2.00 e. The Labute approximate surface area is 265 Å². The summed E-state index contributed by atoms with van der Waals surface area (Å²) >= 11 is 0. The molecule has 0 N–H and O–H groups in total. The normalized spacial score (nSPS) is 11.0. The number of hydrogen-bond donors (Lipinski definition) is 0. The molecule has 212 valence electrons. The van der Waals surface area contributed by atoms with E-state index in [9.17, 15) is 0 Å². The van der Waals surface area contributed by atoms with Gasteiger partial charge < -0.3 is 19.1 Å². The molecule has 4 nitrogen and oxygen atoms in total. The van der Waals surface area contributed by atoms with Crippen molar-refractivity contribution in [3.05, 3.63) is 134 Å². The molecule has 5 heteroatoms. The van der Waals surface area contributed by atoms with Gasteiger partial charge in [0.05, 0.1) is 0 Å². The molecule has 0 radical (unpaired) electrons. The van der Waals surface area contributed by atoms with Gasteiger partial charge in [0.1, 0.15) is 0 Å². The van der Waals surface area contributed by atoms with E-state index in [2.05, 4.69) is 130 Å². The first-order chi connectivity index (χ1) is 20.8. The van der Waals surface area contributed by atoms with Crippen LogP contribution in [0.25, 0.3) is 66.1 Å². The van der Waals surface area contributed by atoms with Crippen molar-refractivity contribution in [2.45, 2.75) is 26.9 Å². The molecular weight excluding hydrogens is 708 g/mol. The van der Waals surface area contributed by atoms with Gasteiger partial charge in [-0.05, 0) is 49.1 Å². The topological polar surface area (TPSA) is 35.6 Å². The van der Waals surface area contributed by atoms with Crippen LogP contribution < -0.4 is 0 Å². The van der Waals surface area contributed by atoms with E-state index in [1.54, 1.807) is 0 Å². The van der Waals surface area contributed by atoms with Gasteiger partial charge in [0.25, 0.3) is 0 Å². The number of aromatic nitrogens is 4. The van der Waals surface area contributed by atoms with Crippen molar-refractivity contribution in [2.75, 3.05) is 0 Å². The first-order valence-electron chi connectivity index (χ1n) is 14.4. The number of rotatable bonds is 4. The molecule has 0 spiro atoms. The average Bonchev–Trinajstić information content (AvgIpc) is 3.57. The molecule has 0 aliphatic rings. The molecule has 0 bridgehead atoms. The molecule has 8 aromatic rings. The zero-order valence-corrected chi connectivity index (χ0v) is 26.3. The number of pyridine rings is 2. The maximum absolute atomic E-state index is 4.53. The average molecular weight is 738 g/mol. The van der Waals surface area contributed by atoms with Gasteiger partial charge in [0.2, 0.25) is 0 Å². The van der Waals surface area contributed by atoms with E-state index in [0.29, 0.717) is 0 Å². The van der Waals surface area contributed by atoms with Crippen LogP contribution in [0.3, 0.4) is 0 Å². The van der Waals surface area contributed by atoms with Crippen LogP contribution in [-0.4, -0.2) is 19.1 Å². The smallest absolute Gasteiger partial charge is 0.388 e. The van der Waals surface area contributed by atoms with E-state index in [0.717, 1.165) is 34.9 Å². The minimum Gasteiger partial charge on any atom is -0.388 e. The van der Waals surface area contributed by atoms with E-state index in [4.69, 9.17) is 0 Å². The van der Waals surface area contributed by atoms with Crippen molar-refractivity contribution in [3.8, 4) is 22.3 Å². The van der Waals surface area contributed by atoms with Crippen LogP contribution in [0.2, 0.25) is 0 Å². The van der Waals surface area contributed by atoms with Crippen LogP contribution in [0.15, 0.2) is 122 Å². The van der Waals surface area contributed by atoms with Gasteiger partial charge >= 0.3 is 21.1 Å². The molecule has 0 saturated carbocycles. The second-order valence-electron chi connectivity index (χ2n) is 10.3. The molecule has 43 heavy (non-hydrogen) atoms. The third kappa shape index (κ3) is 5.17. The van der Waals surface area contributed by atoms with Gasteiger partial charge in [-0.3, -0.25) is 0 Å². The molecule has 4 aromatic heterocycles. The summed E-state index contributed by atoms with van der Waals surface area (Å²) in [5, 5.41) is 2.21. The third-order valence-electron chi connectivity index (χ3n) is 7.90. The quantitative estimate of drug-likeness (QED) is 0.169.